The first-order valence-corrected chi connectivity index (χ1v) is 12.5. The SMILES string of the molecule is O=C1C(=O)N(c2ccc(N3CCCC3)cc2)C(c2cccc(O)c2)/C1=C(/O)c1ccc2ccccc2c1. The molecule has 0 aromatic heterocycles. The molecule has 2 fully saturated rings. The third kappa shape index (κ3) is 4.00. The van der Waals surface area contributed by atoms with E-state index >= 15 is 0 Å². The van der Waals surface area contributed by atoms with Crippen LogP contribution < -0.4 is 9.80 Å². The summed E-state index contributed by atoms with van der Waals surface area (Å²) in [6.07, 6.45) is 2.31. The van der Waals surface area contributed by atoms with Gasteiger partial charge in [0.25, 0.3) is 11.7 Å². The van der Waals surface area contributed by atoms with Gasteiger partial charge in [-0.2, -0.15) is 0 Å². The van der Waals surface area contributed by atoms with E-state index < -0.39 is 17.7 Å². The second-order valence-electron chi connectivity index (χ2n) is 9.54. The number of phenolic OH excluding ortho intramolecular Hbond substituents is 1. The van der Waals surface area contributed by atoms with Crippen molar-refractivity contribution >= 4 is 39.6 Å². The van der Waals surface area contributed by atoms with Crippen LogP contribution in [-0.2, 0) is 9.59 Å². The zero-order chi connectivity index (χ0) is 25.5. The fraction of sp³-hybridized carbons (Fsp3) is 0.161. The van der Waals surface area contributed by atoms with Gasteiger partial charge in [-0.3, -0.25) is 14.5 Å². The van der Waals surface area contributed by atoms with Crippen molar-refractivity contribution in [3.8, 4) is 5.75 Å². The van der Waals surface area contributed by atoms with Gasteiger partial charge in [-0.05, 0) is 71.6 Å². The fourth-order valence-corrected chi connectivity index (χ4v) is 5.40. The molecule has 2 saturated heterocycles. The highest BCUT2D eigenvalue weighted by Crippen LogP contribution is 2.43. The number of aliphatic hydroxyl groups excluding tert-OH is 1. The highest BCUT2D eigenvalue weighted by Gasteiger charge is 2.47. The number of hydrogen-bond acceptors (Lipinski definition) is 5. The van der Waals surface area contributed by atoms with Crippen molar-refractivity contribution in [2.75, 3.05) is 22.9 Å². The largest absolute Gasteiger partial charge is 0.508 e. The molecule has 0 bridgehead atoms. The second kappa shape index (κ2) is 9.13. The van der Waals surface area contributed by atoms with Crippen LogP contribution in [-0.4, -0.2) is 35.0 Å². The second-order valence-corrected chi connectivity index (χ2v) is 9.54. The molecule has 0 aliphatic carbocycles. The average molecular weight is 491 g/mol. The molecule has 6 heteroatoms. The number of fused-ring (bicyclic) bond motifs is 1. The van der Waals surface area contributed by atoms with Crippen LogP contribution in [0.15, 0.2) is 96.6 Å². The number of aromatic hydroxyl groups is 1. The highest BCUT2D eigenvalue weighted by atomic mass is 16.3. The van der Waals surface area contributed by atoms with Crippen LogP contribution in [0.3, 0.4) is 0 Å². The molecule has 184 valence electrons. The van der Waals surface area contributed by atoms with E-state index in [1.165, 1.54) is 17.0 Å². The molecule has 1 unspecified atom stereocenters. The van der Waals surface area contributed by atoms with Crippen LogP contribution in [0.4, 0.5) is 11.4 Å². The molecule has 37 heavy (non-hydrogen) atoms. The van der Waals surface area contributed by atoms with Gasteiger partial charge in [0, 0.05) is 30.0 Å². The molecule has 6 rings (SSSR count). The molecule has 0 radical (unpaired) electrons. The van der Waals surface area contributed by atoms with E-state index in [1.54, 1.807) is 18.2 Å². The summed E-state index contributed by atoms with van der Waals surface area (Å²) in [7, 11) is 0. The van der Waals surface area contributed by atoms with Gasteiger partial charge in [0.1, 0.15) is 11.5 Å². The Balaban J connectivity index is 1.49. The summed E-state index contributed by atoms with van der Waals surface area (Å²) in [6.45, 7) is 2.00. The minimum Gasteiger partial charge on any atom is -0.508 e. The maximum absolute atomic E-state index is 13.4. The van der Waals surface area contributed by atoms with Gasteiger partial charge in [0.2, 0.25) is 0 Å². The van der Waals surface area contributed by atoms with Crippen LogP contribution in [0.25, 0.3) is 16.5 Å². The summed E-state index contributed by atoms with van der Waals surface area (Å²) in [5.74, 6) is -1.71. The number of anilines is 2. The molecular formula is C31H26N2O4. The van der Waals surface area contributed by atoms with E-state index in [1.807, 2.05) is 60.7 Å². The van der Waals surface area contributed by atoms with Crippen LogP contribution in [0.2, 0.25) is 0 Å². The normalized spacial score (nSPS) is 19.2. The third-order valence-electron chi connectivity index (χ3n) is 7.25. The number of Topliss-reactive ketones (excluding diaryl/α,β-unsaturated/α-hetero) is 1. The van der Waals surface area contributed by atoms with E-state index in [0.29, 0.717) is 16.8 Å². The summed E-state index contributed by atoms with van der Waals surface area (Å²) < 4.78 is 0. The number of hydrogen-bond donors (Lipinski definition) is 2. The van der Waals surface area contributed by atoms with E-state index in [9.17, 15) is 19.8 Å². The minimum absolute atomic E-state index is 0.00509. The number of ketones is 1. The Morgan fingerprint density at radius 3 is 2.19 bits per heavy atom. The molecule has 2 aliphatic rings. The van der Waals surface area contributed by atoms with Gasteiger partial charge in [-0.25, -0.2) is 0 Å². The first kappa shape index (κ1) is 22.9. The summed E-state index contributed by atoms with van der Waals surface area (Å²) in [5, 5.41) is 23.6. The predicted molar refractivity (Wildman–Crippen MR) is 145 cm³/mol. The number of phenols is 1. The molecule has 2 N–H and O–H groups in total. The van der Waals surface area contributed by atoms with E-state index in [2.05, 4.69) is 4.90 Å². The first-order chi connectivity index (χ1) is 18.0. The molecule has 4 aromatic rings. The van der Waals surface area contributed by atoms with E-state index in [4.69, 9.17) is 0 Å². The predicted octanol–water partition coefficient (Wildman–Crippen LogP) is 5.77. The first-order valence-electron chi connectivity index (χ1n) is 12.5. The Morgan fingerprint density at radius 2 is 1.46 bits per heavy atom. The van der Waals surface area contributed by atoms with Gasteiger partial charge in [-0.1, -0.05) is 48.5 Å². The van der Waals surface area contributed by atoms with Crippen molar-refractivity contribution in [2.45, 2.75) is 18.9 Å². The van der Waals surface area contributed by atoms with Gasteiger partial charge in [0.15, 0.2) is 0 Å². The summed E-state index contributed by atoms with van der Waals surface area (Å²) >= 11 is 0. The molecule has 4 aromatic carbocycles. The van der Waals surface area contributed by atoms with Crippen molar-refractivity contribution in [3.63, 3.8) is 0 Å². The lowest BCUT2D eigenvalue weighted by Gasteiger charge is -2.26. The number of benzene rings is 4. The summed E-state index contributed by atoms with van der Waals surface area (Å²) in [4.78, 5) is 30.6. The topological polar surface area (TPSA) is 81.1 Å². The van der Waals surface area contributed by atoms with Crippen LogP contribution in [0, 0.1) is 0 Å². The van der Waals surface area contributed by atoms with Crippen molar-refractivity contribution in [3.05, 3.63) is 108 Å². The van der Waals surface area contributed by atoms with Crippen molar-refractivity contribution in [2.24, 2.45) is 0 Å². The Kier molecular flexibility index (Phi) is 5.64. The van der Waals surface area contributed by atoms with E-state index in [0.717, 1.165) is 42.4 Å². The molecule has 6 nitrogen and oxygen atoms in total. The number of carbonyl (C=O) groups excluding carboxylic acids is 2. The lowest BCUT2D eigenvalue weighted by molar-refractivity contribution is -0.132. The monoisotopic (exact) mass is 490 g/mol. The third-order valence-corrected chi connectivity index (χ3v) is 7.25. The smallest absolute Gasteiger partial charge is 0.300 e. The van der Waals surface area contributed by atoms with Gasteiger partial charge >= 0.3 is 0 Å². The average Bonchev–Trinajstić information content (AvgIpc) is 3.55. The number of carbonyl (C=O) groups is 2. The molecule has 0 saturated carbocycles. The van der Waals surface area contributed by atoms with Crippen LogP contribution in [0.5, 0.6) is 5.75 Å². The van der Waals surface area contributed by atoms with Crippen molar-refractivity contribution in [1.82, 2.24) is 0 Å². The molecule has 1 atom stereocenters. The minimum atomic E-state index is -0.892. The fourth-order valence-electron chi connectivity index (χ4n) is 5.40. The molecular weight excluding hydrogens is 464 g/mol. The van der Waals surface area contributed by atoms with Crippen molar-refractivity contribution in [1.29, 1.82) is 0 Å². The highest BCUT2D eigenvalue weighted by molar-refractivity contribution is 6.51. The maximum Gasteiger partial charge on any atom is 0.300 e. The molecule has 1 amide bonds. The number of aliphatic hydroxyl groups is 1. The standard InChI is InChI=1S/C31H26N2O4/c34-26-9-5-8-22(19-26)28-27(29(35)23-11-10-20-6-1-2-7-21(20)18-23)30(36)31(37)33(28)25-14-12-24(13-15-25)32-16-3-4-17-32/h1-2,5-15,18-19,28,34-35H,3-4,16-17H2/b29-27-. The maximum atomic E-state index is 13.4. The zero-order valence-electron chi connectivity index (χ0n) is 20.2. The Labute approximate surface area is 214 Å². The lowest BCUT2D eigenvalue weighted by Crippen LogP contribution is -2.29. The number of amides is 1. The van der Waals surface area contributed by atoms with Crippen LogP contribution in [0.1, 0.15) is 30.0 Å². The molecule has 2 heterocycles. The van der Waals surface area contributed by atoms with Crippen molar-refractivity contribution < 1.29 is 19.8 Å². The Morgan fingerprint density at radius 1 is 0.757 bits per heavy atom. The van der Waals surface area contributed by atoms with E-state index in [-0.39, 0.29) is 17.1 Å². The van der Waals surface area contributed by atoms with Crippen LogP contribution >= 0.6 is 0 Å². The quantitative estimate of drug-likeness (QED) is 0.216. The summed E-state index contributed by atoms with van der Waals surface area (Å²) in [6, 6.07) is 26.3. The number of nitrogens with zero attached hydrogens (tertiary/aromatic N) is 2. The molecule has 2 aliphatic heterocycles. The molecule has 0 spiro atoms. The number of rotatable bonds is 4. The summed E-state index contributed by atoms with van der Waals surface area (Å²) in [5.41, 5.74) is 2.60. The Hall–Kier alpha value is -4.58. The van der Waals surface area contributed by atoms with Gasteiger partial charge in [0.05, 0.1) is 11.6 Å². The zero-order valence-corrected chi connectivity index (χ0v) is 20.2. The lowest BCUT2D eigenvalue weighted by atomic mass is 9.94. The van der Waals surface area contributed by atoms with Gasteiger partial charge < -0.3 is 15.1 Å². The van der Waals surface area contributed by atoms with Gasteiger partial charge in [-0.15, -0.1) is 0 Å². The Bertz CT molecular complexity index is 1550.